The number of benzene rings is 9. The van der Waals surface area contributed by atoms with Crippen LogP contribution in [0, 0.1) is 0 Å². The lowest BCUT2D eigenvalue weighted by atomic mass is 9.85. The van der Waals surface area contributed by atoms with Gasteiger partial charge in [-0.05, 0) is 118 Å². The highest BCUT2D eigenvalue weighted by Crippen LogP contribution is 2.44. The first-order valence-electron chi connectivity index (χ1n) is 21.9. The van der Waals surface area contributed by atoms with Crippen LogP contribution in [-0.2, 0) is 6.42 Å². The Bertz CT molecular complexity index is 2750. The van der Waals surface area contributed by atoms with Gasteiger partial charge in [-0.25, -0.2) is 0 Å². The van der Waals surface area contributed by atoms with Gasteiger partial charge in [0.05, 0.1) is 0 Å². The summed E-state index contributed by atoms with van der Waals surface area (Å²) in [6, 6.07) is 65.7. The van der Waals surface area contributed by atoms with Crippen LogP contribution < -0.4 is 0 Å². The molecule has 0 atom stereocenters. The highest BCUT2D eigenvalue weighted by Gasteiger charge is 2.17. The van der Waals surface area contributed by atoms with E-state index in [0.29, 0.717) is 0 Å². The molecule has 0 aromatic heterocycles. The van der Waals surface area contributed by atoms with Crippen molar-refractivity contribution in [2.24, 2.45) is 0 Å². The molecule has 0 unspecified atom stereocenters. The minimum absolute atomic E-state index is 1.18. The molecule has 0 radical (unpaired) electrons. The summed E-state index contributed by atoms with van der Waals surface area (Å²) < 4.78 is 0. The molecule has 9 aromatic carbocycles. The van der Waals surface area contributed by atoms with Gasteiger partial charge in [-0.1, -0.05) is 229 Å². The van der Waals surface area contributed by atoms with Crippen molar-refractivity contribution in [2.45, 2.75) is 77.6 Å². The maximum atomic E-state index is 2.41. The molecule has 9 aromatic rings. The van der Waals surface area contributed by atoms with E-state index in [-0.39, 0.29) is 0 Å². The summed E-state index contributed by atoms with van der Waals surface area (Å²) in [6.45, 7) is 2.30. The number of unbranched alkanes of at least 4 members (excludes halogenated alkanes) is 9. The molecule has 0 saturated heterocycles. The summed E-state index contributed by atoms with van der Waals surface area (Å²) in [5, 5.41) is 10.3. The second-order valence-electron chi connectivity index (χ2n) is 16.4. The van der Waals surface area contributed by atoms with Crippen LogP contribution in [0.5, 0.6) is 0 Å². The molecule has 0 amide bonds. The first-order chi connectivity index (χ1) is 28.7. The topological polar surface area (TPSA) is 0 Å². The van der Waals surface area contributed by atoms with Crippen molar-refractivity contribution in [3.8, 4) is 44.5 Å². The van der Waals surface area contributed by atoms with Crippen molar-refractivity contribution in [1.29, 1.82) is 0 Å². The molecule has 0 N–H and O–H groups in total. The van der Waals surface area contributed by atoms with E-state index in [4.69, 9.17) is 0 Å². The Balaban J connectivity index is 0.944. The fourth-order valence-electron chi connectivity index (χ4n) is 9.22. The molecule has 286 valence electrons. The van der Waals surface area contributed by atoms with Crippen LogP contribution in [-0.4, -0.2) is 0 Å². The van der Waals surface area contributed by atoms with Crippen LogP contribution in [0.2, 0.25) is 0 Å². The monoisotopic (exact) mass is 750 g/mol. The van der Waals surface area contributed by atoms with Crippen LogP contribution in [0.25, 0.3) is 87.6 Å². The Labute approximate surface area is 345 Å². The van der Waals surface area contributed by atoms with Crippen LogP contribution in [0.1, 0.15) is 76.7 Å². The van der Waals surface area contributed by atoms with E-state index in [2.05, 4.69) is 183 Å². The number of hydrogen-bond acceptors (Lipinski definition) is 0. The van der Waals surface area contributed by atoms with E-state index in [1.165, 1.54) is 164 Å². The van der Waals surface area contributed by atoms with Crippen LogP contribution >= 0.6 is 0 Å². The summed E-state index contributed by atoms with van der Waals surface area (Å²) in [5.41, 5.74) is 11.5. The third-order valence-electron chi connectivity index (χ3n) is 12.4. The lowest BCUT2D eigenvalue weighted by molar-refractivity contribution is 0.556. The number of hydrogen-bond donors (Lipinski definition) is 0. The molecular formula is C58H54. The molecule has 0 nitrogen and oxygen atoms in total. The molecule has 0 heteroatoms. The average Bonchev–Trinajstić information content (AvgIpc) is 3.28. The highest BCUT2D eigenvalue weighted by atomic mass is 14.2. The normalized spacial score (nSPS) is 11.6. The minimum atomic E-state index is 1.18. The minimum Gasteiger partial charge on any atom is -0.0654 e. The van der Waals surface area contributed by atoms with Gasteiger partial charge in [0.2, 0.25) is 0 Å². The van der Waals surface area contributed by atoms with Crippen molar-refractivity contribution in [3.63, 3.8) is 0 Å². The third kappa shape index (κ3) is 8.07. The molecule has 0 saturated carbocycles. The lowest BCUT2D eigenvalue weighted by Crippen LogP contribution is -1.91. The quantitative estimate of drug-likeness (QED) is 0.0723. The van der Waals surface area contributed by atoms with Gasteiger partial charge in [0, 0.05) is 0 Å². The molecular weight excluding hydrogens is 697 g/mol. The van der Waals surface area contributed by atoms with Crippen molar-refractivity contribution in [3.05, 3.63) is 181 Å². The maximum absolute atomic E-state index is 2.41. The van der Waals surface area contributed by atoms with E-state index in [1.54, 1.807) is 0 Å². The second-order valence-corrected chi connectivity index (χ2v) is 16.4. The molecule has 58 heavy (non-hydrogen) atoms. The largest absolute Gasteiger partial charge is 0.0654 e. The Morgan fingerprint density at radius 2 is 0.638 bits per heavy atom. The molecule has 0 fully saturated rings. The van der Waals surface area contributed by atoms with Crippen LogP contribution in [0.4, 0.5) is 0 Å². The average molecular weight is 751 g/mol. The van der Waals surface area contributed by atoms with Gasteiger partial charge in [0.15, 0.2) is 0 Å². The molecule has 0 aliphatic rings. The number of rotatable bonds is 15. The first kappa shape index (κ1) is 37.6. The van der Waals surface area contributed by atoms with Gasteiger partial charge >= 0.3 is 0 Å². The predicted molar refractivity (Wildman–Crippen MR) is 254 cm³/mol. The van der Waals surface area contributed by atoms with Gasteiger partial charge in [-0.2, -0.15) is 0 Å². The van der Waals surface area contributed by atoms with Crippen molar-refractivity contribution in [1.82, 2.24) is 0 Å². The molecule has 0 aliphatic carbocycles. The van der Waals surface area contributed by atoms with E-state index in [9.17, 15) is 0 Å². The van der Waals surface area contributed by atoms with E-state index < -0.39 is 0 Å². The molecule has 0 heterocycles. The predicted octanol–water partition coefficient (Wildman–Crippen LogP) is 17.4. The van der Waals surface area contributed by atoms with E-state index in [0.717, 1.165) is 0 Å². The van der Waals surface area contributed by atoms with E-state index >= 15 is 0 Å². The van der Waals surface area contributed by atoms with Crippen molar-refractivity contribution < 1.29 is 0 Å². The Morgan fingerprint density at radius 1 is 0.276 bits per heavy atom. The maximum Gasteiger partial charge on any atom is -0.00264 e. The number of aryl methyl sites for hydroxylation is 1. The zero-order valence-electron chi connectivity index (χ0n) is 34.0. The van der Waals surface area contributed by atoms with E-state index in [1.807, 2.05) is 0 Å². The van der Waals surface area contributed by atoms with Crippen molar-refractivity contribution >= 4 is 43.1 Å². The summed E-state index contributed by atoms with van der Waals surface area (Å²) in [6.07, 6.45) is 15.0. The SMILES string of the molecule is CCCCCCCCCCCCc1ccc2cc(-c3ccc(-c4c5ccccc5c(-c5ccc(-c6ccc7ccccc7c6)cc5)c5ccccc45)cc3)ccc2c1. The number of fused-ring (bicyclic) bond motifs is 4. The molecule has 9 rings (SSSR count). The van der Waals surface area contributed by atoms with Gasteiger partial charge in [0.25, 0.3) is 0 Å². The van der Waals surface area contributed by atoms with Crippen LogP contribution in [0.3, 0.4) is 0 Å². The molecule has 0 aliphatic heterocycles. The zero-order valence-corrected chi connectivity index (χ0v) is 34.0. The first-order valence-corrected chi connectivity index (χ1v) is 21.9. The fourth-order valence-corrected chi connectivity index (χ4v) is 9.22. The van der Waals surface area contributed by atoms with Gasteiger partial charge in [0.1, 0.15) is 0 Å². The van der Waals surface area contributed by atoms with Crippen LogP contribution in [0.15, 0.2) is 176 Å². The molecule has 0 spiro atoms. The summed E-state index contributed by atoms with van der Waals surface area (Å²) in [5.74, 6) is 0. The van der Waals surface area contributed by atoms with Gasteiger partial charge in [-0.3, -0.25) is 0 Å². The zero-order chi connectivity index (χ0) is 39.1. The summed E-state index contributed by atoms with van der Waals surface area (Å²) in [7, 11) is 0. The fraction of sp³-hybridized carbons (Fsp3) is 0.207. The Morgan fingerprint density at radius 3 is 1.16 bits per heavy atom. The Hall–Kier alpha value is -5.98. The highest BCUT2D eigenvalue weighted by molar-refractivity contribution is 6.21. The molecule has 0 bridgehead atoms. The van der Waals surface area contributed by atoms with Gasteiger partial charge < -0.3 is 0 Å². The summed E-state index contributed by atoms with van der Waals surface area (Å²) >= 11 is 0. The standard InChI is InChI=1S/C58H54/c1-2-3-4-5-6-7-8-9-10-11-18-42-25-26-52-41-51(38-37-49(52)39-42)45-29-34-47(35-30-45)58-55-23-16-14-21-53(55)57(54-22-15-17-24-56(54)58)46-32-27-44(28-33-46)50-36-31-43-19-12-13-20-48(43)40-50/h12-17,19-41H,2-11,18H2,1H3. The summed E-state index contributed by atoms with van der Waals surface area (Å²) in [4.78, 5) is 0. The van der Waals surface area contributed by atoms with Crippen molar-refractivity contribution in [2.75, 3.05) is 0 Å². The lowest BCUT2D eigenvalue weighted by Gasteiger charge is -2.18. The smallest absolute Gasteiger partial charge is 0.00264 e. The van der Waals surface area contributed by atoms with Gasteiger partial charge in [-0.15, -0.1) is 0 Å². The Kier molecular flexibility index (Phi) is 11.4. The second kappa shape index (κ2) is 17.7. The third-order valence-corrected chi connectivity index (χ3v) is 12.4.